The Bertz CT molecular complexity index is 1290. The monoisotopic (exact) mass is 472 g/mol. The summed E-state index contributed by atoms with van der Waals surface area (Å²) in [6.07, 6.45) is 0. The summed E-state index contributed by atoms with van der Waals surface area (Å²) in [6.45, 7) is 1.95. The molecule has 0 saturated carbocycles. The van der Waals surface area contributed by atoms with Crippen LogP contribution in [0.15, 0.2) is 72.3 Å². The highest BCUT2D eigenvalue weighted by atomic mass is 16.5. The highest BCUT2D eigenvalue weighted by Crippen LogP contribution is 2.43. The number of aliphatic hydroxyl groups excluding tert-OH is 1. The Morgan fingerprint density at radius 2 is 1.51 bits per heavy atom. The number of hydrogen-bond acceptors (Lipinski definition) is 6. The number of nitrogens with zero attached hydrogens (tertiary/aromatic N) is 2. The quantitative estimate of drug-likeness (QED) is 0.318. The molecular formula is C28H28N2O5. The molecule has 7 nitrogen and oxygen atoms in total. The van der Waals surface area contributed by atoms with E-state index in [-0.39, 0.29) is 11.3 Å². The van der Waals surface area contributed by atoms with Crippen LogP contribution in [-0.4, -0.2) is 45.1 Å². The Morgan fingerprint density at radius 1 is 0.886 bits per heavy atom. The van der Waals surface area contributed by atoms with Crippen LogP contribution in [0.3, 0.4) is 0 Å². The second-order valence-electron chi connectivity index (χ2n) is 8.56. The largest absolute Gasteiger partial charge is 0.507 e. The van der Waals surface area contributed by atoms with Crippen molar-refractivity contribution in [3.8, 4) is 11.5 Å². The molecule has 1 fully saturated rings. The molecule has 1 aliphatic heterocycles. The molecule has 0 aromatic heterocycles. The molecule has 1 heterocycles. The average molecular weight is 473 g/mol. The third-order valence-corrected chi connectivity index (χ3v) is 6.14. The van der Waals surface area contributed by atoms with Gasteiger partial charge in [0, 0.05) is 31.0 Å². The number of anilines is 2. The van der Waals surface area contributed by atoms with Crippen molar-refractivity contribution in [2.24, 2.45) is 0 Å². The standard InChI is InChI=1S/C28H28N2O5/c1-17-6-11-21(12-7-17)30-25(18-8-13-20(14-9-18)29(2)3)24(27(32)28(30)33)26(31)19-10-15-22(34-4)23(16-19)35-5/h6-16,25,31H,1-5H3/b26-24-. The molecule has 3 aromatic rings. The number of rotatable bonds is 6. The summed E-state index contributed by atoms with van der Waals surface area (Å²) in [7, 11) is 6.88. The van der Waals surface area contributed by atoms with Crippen LogP contribution in [0.25, 0.3) is 5.76 Å². The van der Waals surface area contributed by atoms with E-state index >= 15 is 0 Å². The molecule has 35 heavy (non-hydrogen) atoms. The van der Waals surface area contributed by atoms with Gasteiger partial charge in [0.15, 0.2) is 11.5 Å². The highest BCUT2D eigenvalue weighted by Gasteiger charge is 2.47. The first kappa shape index (κ1) is 23.9. The predicted octanol–water partition coefficient (Wildman–Crippen LogP) is 4.70. The van der Waals surface area contributed by atoms with E-state index in [0.717, 1.165) is 11.3 Å². The lowest BCUT2D eigenvalue weighted by Crippen LogP contribution is -2.29. The lowest BCUT2D eigenvalue weighted by atomic mass is 9.94. The number of amides is 1. The number of methoxy groups -OCH3 is 2. The van der Waals surface area contributed by atoms with Crippen molar-refractivity contribution < 1.29 is 24.2 Å². The maximum absolute atomic E-state index is 13.3. The molecule has 1 atom stereocenters. The van der Waals surface area contributed by atoms with Gasteiger partial charge >= 0.3 is 0 Å². The number of benzene rings is 3. The van der Waals surface area contributed by atoms with E-state index in [4.69, 9.17) is 9.47 Å². The molecule has 1 saturated heterocycles. The van der Waals surface area contributed by atoms with Crippen LogP contribution >= 0.6 is 0 Å². The van der Waals surface area contributed by atoms with Crippen LogP contribution in [0, 0.1) is 6.92 Å². The van der Waals surface area contributed by atoms with E-state index in [0.29, 0.717) is 28.3 Å². The van der Waals surface area contributed by atoms with E-state index in [1.54, 1.807) is 30.3 Å². The van der Waals surface area contributed by atoms with Crippen LogP contribution in [0.2, 0.25) is 0 Å². The summed E-state index contributed by atoms with van der Waals surface area (Å²) >= 11 is 0. The first-order valence-electron chi connectivity index (χ1n) is 11.1. The SMILES string of the molecule is COc1ccc(/C(O)=C2/C(=O)C(=O)N(c3ccc(C)cc3)C2c2ccc(N(C)C)cc2)cc1OC. The van der Waals surface area contributed by atoms with Crippen molar-refractivity contribution >= 4 is 28.8 Å². The first-order chi connectivity index (χ1) is 16.8. The Kier molecular flexibility index (Phi) is 6.51. The third kappa shape index (κ3) is 4.33. The molecule has 0 bridgehead atoms. The van der Waals surface area contributed by atoms with Gasteiger partial charge in [0.2, 0.25) is 0 Å². The van der Waals surface area contributed by atoms with Crippen LogP contribution < -0.4 is 19.3 Å². The molecule has 1 aliphatic rings. The molecule has 0 aliphatic carbocycles. The van der Waals surface area contributed by atoms with Crippen molar-refractivity contribution in [1.29, 1.82) is 0 Å². The van der Waals surface area contributed by atoms with Crippen molar-refractivity contribution in [2.45, 2.75) is 13.0 Å². The molecule has 0 spiro atoms. The zero-order chi connectivity index (χ0) is 25.3. The van der Waals surface area contributed by atoms with E-state index in [9.17, 15) is 14.7 Å². The van der Waals surface area contributed by atoms with Crippen molar-refractivity contribution in [3.05, 3.63) is 89.0 Å². The number of aliphatic hydroxyl groups is 1. The molecule has 0 radical (unpaired) electrons. The zero-order valence-electron chi connectivity index (χ0n) is 20.4. The van der Waals surface area contributed by atoms with Crippen LogP contribution in [0.1, 0.15) is 22.7 Å². The minimum Gasteiger partial charge on any atom is -0.507 e. The number of Topliss-reactive ketones (excluding diaryl/α,β-unsaturated/α-hetero) is 1. The number of hydrogen-bond donors (Lipinski definition) is 1. The fourth-order valence-electron chi connectivity index (χ4n) is 4.21. The maximum atomic E-state index is 13.3. The Morgan fingerprint density at radius 3 is 2.09 bits per heavy atom. The molecule has 4 rings (SSSR count). The van der Waals surface area contributed by atoms with Crippen molar-refractivity contribution in [1.82, 2.24) is 0 Å². The van der Waals surface area contributed by atoms with E-state index in [2.05, 4.69) is 0 Å². The minimum absolute atomic E-state index is 0.0143. The van der Waals surface area contributed by atoms with Crippen LogP contribution in [-0.2, 0) is 9.59 Å². The second kappa shape index (κ2) is 9.54. The predicted molar refractivity (Wildman–Crippen MR) is 136 cm³/mol. The minimum atomic E-state index is -0.804. The molecule has 1 unspecified atom stereocenters. The van der Waals surface area contributed by atoms with Crippen LogP contribution in [0.5, 0.6) is 11.5 Å². The fraction of sp³-hybridized carbons (Fsp3) is 0.214. The number of ketones is 1. The summed E-state index contributed by atoms with van der Waals surface area (Å²) in [5, 5.41) is 11.4. The second-order valence-corrected chi connectivity index (χ2v) is 8.56. The van der Waals surface area contributed by atoms with Gasteiger partial charge in [0.25, 0.3) is 11.7 Å². The lowest BCUT2D eigenvalue weighted by molar-refractivity contribution is -0.132. The van der Waals surface area contributed by atoms with Gasteiger partial charge in [-0.25, -0.2) is 0 Å². The van der Waals surface area contributed by atoms with E-state index < -0.39 is 17.7 Å². The number of carbonyl (C=O) groups is 2. The Labute approximate surface area is 204 Å². The van der Waals surface area contributed by atoms with Gasteiger partial charge in [0.05, 0.1) is 25.8 Å². The topological polar surface area (TPSA) is 79.3 Å². The highest BCUT2D eigenvalue weighted by molar-refractivity contribution is 6.51. The fourth-order valence-corrected chi connectivity index (χ4v) is 4.21. The van der Waals surface area contributed by atoms with Gasteiger partial charge in [-0.3, -0.25) is 14.5 Å². The van der Waals surface area contributed by atoms with Gasteiger partial charge in [-0.05, 0) is 55.0 Å². The first-order valence-corrected chi connectivity index (χ1v) is 11.1. The number of carbonyl (C=O) groups excluding carboxylic acids is 2. The average Bonchev–Trinajstić information content (AvgIpc) is 3.13. The molecule has 1 amide bonds. The summed E-state index contributed by atoms with van der Waals surface area (Å²) < 4.78 is 10.6. The van der Waals surface area contributed by atoms with E-state index in [1.165, 1.54) is 19.1 Å². The smallest absolute Gasteiger partial charge is 0.300 e. The molecule has 1 N–H and O–H groups in total. The van der Waals surface area contributed by atoms with Crippen molar-refractivity contribution in [2.75, 3.05) is 38.1 Å². The lowest BCUT2D eigenvalue weighted by Gasteiger charge is -2.26. The van der Waals surface area contributed by atoms with Gasteiger partial charge in [-0.15, -0.1) is 0 Å². The van der Waals surface area contributed by atoms with Crippen molar-refractivity contribution in [3.63, 3.8) is 0 Å². The normalized spacial score (nSPS) is 16.9. The third-order valence-electron chi connectivity index (χ3n) is 6.14. The van der Waals surface area contributed by atoms with Gasteiger partial charge < -0.3 is 19.5 Å². The number of ether oxygens (including phenoxy) is 2. The molecular weight excluding hydrogens is 444 g/mol. The maximum Gasteiger partial charge on any atom is 0.300 e. The van der Waals surface area contributed by atoms with Crippen LogP contribution in [0.4, 0.5) is 11.4 Å². The van der Waals surface area contributed by atoms with Gasteiger partial charge in [-0.2, -0.15) is 0 Å². The number of aryl methyl sites for hydroxylation is 1. The van der Waals surface area contributed by atoms with Gasteiger partial charge in [-0.1, -0.05) is 29.8 Å². The summed E-state index contributed by atoms with van der Waals surface area (Å²) in [5.41, 5.74) is 3.64. The Hall–Kier alpha value is -4.26. The molecule has 180 valence electrons. The Balaban J connectivity index is 1.92. The molecule has 7 heteroatoms. The summed E-state index contributed by atoms with van der Waals surface area (Å²) in [5.74, 6) is -0.839. The summed E-state index contributed by atoms with van der Waals surface area (Å²) in [6, 6.07) is 19.0. The summed E-state index contributed by atoms with van der Waals surface area (Å²) in [4.78, 5) is 30.0. The zero-order valence-corrected chi connectivity index (χ0v) is 20.4. The van der Waals surface area contributed by atoms with Gasteiger partial charge in [0.1, 0.15) is 5.76 Å². The molecule has 3 aromatic carbocycles. The van der Waals surface area contributed by atoms with E-state index in [1.807, 2.05) is 62.3 Å².